The zero-order valence-electron chi connectivity index (χ0n) is 12.2. The Morgan fingerprint density at radius 3 is 2.18 bits per heavy atom. The van der Waals surface area contributed by atoms with Crippen molar-refractivity contribution in [2.45, 2.75) is 50.9 Å². The third-order valence-electron chi connectivity index (χ3n) is 2.57. The van der Waals surface area contributed by atoms with Gasteiger partial charge in [-0.25, -0.2) is 8.78 Å². The largest absolute Gasteiger partial charge is 0.466 e. The van der Waals surface area contributed by atoms with Gasteiger partial charge in [0.05, 0.1) is 6.61 Å². The molecule has 0 heterocycles. The van der Waals surface area contributed by atoms with Crippen LogP contribution >= 0.6 is 0 Å². The first-order valence-corrected chi connectivity index (χ1v) is 6.87. The number of alkyl halides is 4. The lowest BCUT2D eigenvalue weighted by Crippen LogP contribution is -2.33. The summed E-state index contributed by atoms with van der Waals surface area (Å²) < 4.78 is 57.5. The van der Waals surface area contributed by atoms with Crippen molar-refractivity contribution in [1.82, 2.24) is 0 Å². The molecular formula is C14H20F4O4. The summed E-state index contributed by atoms with van der Waals surface area (Å²) in [6.07, 6.45) is -0.102. The molecule has 0 rings (SSSR count). The molecule has 0 radical (unpaired) electrons. The van der Waals surface area contributed by atoms with Crippen molar-refractivity contribution >= 4 is 11.9 Å². The van der Waals surface area contributed by atoms with Crippen LogP contribution < -0.4 is 0 Å². The van der Waals surface area contributed by atoms with Gasteiger partial charge in [-0.2, -0.15) is 8.78 Å². The minimum atomic E-state index is -4.36. The van der Waals surface area contributed by atoms with E-state index < -0.39 is 30.9 Å². The van der Waals surface area contributed by atoms with Crippen LogP contribution in [-0.2, 0) is 19.1 Å². The molecule has 4 nitrogen and oxygen atoms in total. The van der Waals surface area contributed by atoms with Crippen molar-refractivity contribution in [2.75, 3.05) is 13.2 Å². The molecule has 22 heavy (non-hydrogen) atoms. The van der Waals surface area contributed by atoms with Crippen LogP contribution in [0.4, 0.5) is 17.6 Å². The van der Waals surface area contributed by atoms with Gasteiger partial charge in [0.1, 0.15) is 0 Å². The lowest BCUT2D eigenvalue weighted by molar-refractivity contribution is -0.179. The van der Waals surface area contributed by atoms with Crippen LogP contribution in [0.2, 0.25) is 0 Å². The predicted octanol–water partition coefficient (Wildman–Crippen LogP) is 3.50. The molecule has 0 atom stereocenters. The van der Waals surface area contributed by atoms with Crippen molar-refractivity contribution in [3.8, 4) is 0 Å². The van der Waals surface area contributed by atoms with Gasteiger partial charge >= 0.3 is 24.3 Å². The molecule has 0 N–H and O–H groups in total. The molecule has 0 aromatic carbocycles. The van der Waals surface area contributed by atoms with E-state index in [0.29, 0.717) is 6.42 Å². The van der Waals surface area contributed by atoms with Crippen LogP contribution in [0.1, 0.15) is 38.5 Å². The standard InChI is InChI=1S/C14H20F4O4/c1-2-3-4-5-9-21-11(19)7-6-8-12(20)22-10-14(17,18)13(15)16/h2,13H,1,3-10H2. The van der Waals surface area contributed by atoms with Gasteiger partial charge in [0.15, 0.2) is 6.61 Å². The summed E-state index contributed by atoms with van der Waals surface area (Å²) in [5, 5.41) is 0. The summed E-state index contributed by atoms with van der Waals surface area (Å²) in [6, 6.07) is 0. The maximum absolute atomic E-state index is 12.5. The number of carbonyl (C=O) groups excluding carboxylic acids is 2. The van der Waals surface area contributed by atoms with E-state index in [1.54, 1.807) is 6.08 Å². The summed E-state index contributed by atoms with van der Waals surface area (Å²) in [5.41, 5.74) is 0. The maximum atomic E-state index is 12.5. The van der Waals surface area contributed by atoms with Gasteiger partial charge in [-0.3, -0.25) is 9.59 Å². The Balaban J connectivity index is 3.67. The summed E-state index contributed by atoms with van der Waals surface area (Å²) in [6.45, 7) is 2.14. The molecule has 0 bridgehead atoms. The van der Waals surface area contributed by atoms with E-state index >= 15 is 0 Å². The van der Waals surface area contributed by atoms with Gasteiger partial charge in [0, 0.05) is 12.8 Å². The molecule has 0 fully saturated rings. The number of esters is 2. The highest BCUT2D eigenvalue weighted by atomic mass is 19.3. The number of hydrogen-bond donors (Lipinski definition) is 0. The first-order valence-electron chi connectivity index (χ1n) is 6.87. The van der Waals surface area contributed by atoms with Crippen LogP contribution in [0.15, 0.2) is 12.7 Å². The third-order valence-corrected chi connectivity index (χ3v) is 2.57. The van der Waals surface area contributed by atoms with E-state index in [9.17, 15) is 27.2 Å². The smallest absolute Gasteiger partial charge is 0.340 e. The number of ether oxygens (including phenoxy) is 2. The summed E-state index contributed by atoms with van der Waals surface area (Å²) in [7, 11) is 0. The molecule has 128 valence electrons. The maximum Gasteiger partial charge on any atom is 0.340 e. The monoisotopic (exact) mass is 328 g/mol. The Labute approximate surface area is 126 Å². The average Bonchev–Trinajstić information content (AvgIpc) is 2.45. The Hall–Kier alpha value is -1.60. The van der Waals surface area contributed by atoms with Crippen molar-refractivity contribution in [3.63, 3.8) is 0 Å². The Bertz CT molecular complexity index is 359. The molecule has 0 aliphatic carbocycles. The number of unbranched alkanes of at least 4 members (excludes halogenated alkanes) is 2. The lowest BCUT2D eigenvalue weighted by Gasteiger charge is -2.14. The minimum absolute atomic E-state index is 0.0462. The van der Waals surface area contributed by atoms with E-state index in [4.69, 9.17) is 4.74 Å². The van der Waals surface area contributed by atoms with Crippen LogP contribution in [0, 0.1) is 0 Å². The van der Waals surface area contributed by atoms with Gasteiger partial charge in [0.2, 0.25) is 0 Å². The molecule has 0 aromatic rings. The van der Waals surface area contributed by atoms with Gasteiger partial charge in [-0.1, -0.05) is 6.08 Å². The molecular weight excluding hydrogens is 308 g/mol. The van der Waals surface area contributed by atoms with Crippen molar-refractivity contribution in [1.29, 1.82) is 0 Å². The number of rotatable bonds is 12. The number of carbonyl (C=O) groups is 2. The van der Waals surface area contributed by atoms with Crippen LogP contribution in [0.3, 0.4) is 0 Å². The molecule has 0 spiro atoms. The fraction of sp³-hybridized carbons (Fsp3) is 0.714. The second kappa shape index (κ2) is 11.0. The molecule has 0 saturated carbocycles. The second-order valence-corrected chi connectivity index (χ2v) is 4.58. The summed E-state index contributed by atoms with van der Waals surface area (Å²) in [5.74, 6) is -5.93. The Morgan fingerprint density at radius 1 is 1.05 bits per heavy atom. The first-order chi connectivity index (χ1) is 10.3. The predicted molar refractivity (Wildman–Crippen MR) is 70.8 cm³/mol. The van der Waals surface area contributed by atoms with Crippen LogP contribution in [0.25, 0.3) is 0 Å². The highest BCUT2D eigenvalue weighted by Crippen LogP contribution is 2.23. The fourth-order valence-electron chi connectivity index (χ4n) is 1.34. The van der Waals surface area contributed by atoms with Gasteiger partial charge in [-0.05, 0) is 25.7 Å². The zero-order chi connectivity index (χ0) is 17.0. The van der Waals surface area contributed by atoms with Crippen molar-refractivity contribution in [3.05, 3.63) is 12.7 Å². The number of halogens is 4. The van der Waals surface area contributed by atoms with Crippen LogP contribution in [-0.4, -0.2) is 37.5 Å². The number of allylic oxidation sites excluding steroid dienone is 1. The normalized spacial score (nSPS) is 11.3. The average molecular weight is 328 g/mol. The zero-order valence-corrected chi connectivity index (χ0v) is 12.2. The van der Waals surface area contributed by atoms with E-state index in [1.807, 2.05) is 0 Å². The van der Waals surface area contributed by atoms with Gasteiger partial charge < -0.3 is 9.47 Å². The van der Waals surface area contributed by atoms with E-state index in [-0.39, 0.29) is 25.9 Å². The molecule has 8 heteroatoms. The molecule has 0 aromatic heterocycles. The SMILES string of the molecule is C=CCCCCOC(=O)CCCC(=O)OCC(F)(F)C(F)F. The highest BCUT2D eigenvalue weighted by molar-refractivity contribution is 5.72. The highest BCUT2D eigenvalue weighted by Gasteiger charge is 2.42. The quantitative estimate of drug-likeness (QED) is 0.238. The van der Waals surface area contributed by atoms with Crippen LogP contribution in [0.5, 0.6) is 0 Å². The minimum Gasteiger partial charge on any atom is -0.466 e. The fourth-order valence-corrected chi connectivity index (χ4v) is 1.34. The summed E-state index contributed by atoms with van der Waals surface area (Å²) >= 11 is 0. The van der Waals surface area contributed by atoms with Crippen molar-refractivity contribution < 1.29 is 36.6 Å². The van der Waals surface area contributed by atoms with E-state index in [1.165, 1.54) is 0 Å². The first kappa shape index (κ1) is 20.4. The Kier molecular flexibility index (Phi) is 10.2. The van der Waals surface area contributed by atoms with E-state index in [0.717, 1.165) is 12.8 Å². The van der Waals surface area contributed by atoms with E-state index in [2.05, 4.69) is 11.3 Å². The molecule has 0 amide bonds. The van der Waals surface area contributed by atoms with Crippen molar-refractivity contribution in [2.24, 2.45) is 0 Å². The molecule has 0 unspecified atom stereocenters. The molecule has 0 saturated heterocycles. The lowest BCUT2D eigenvalue weighted by atomic mass is 10.2. The molecule has 0 aliphatic rings. The Morgan fingerprint density at radius 2 is 1.64 bits per heavy atom. The van der Waals surface area contributed by atoms with Gasteiger partial charge in [-0.15, -0.1) is 6.58 Å². The summed E-state index contributed by atoms with van der Waals surface area (Å²) in [4.78, 5) is 22.3. The second-order valence-electron chi connectivity index (χ2n) is 4.58. The third kappa shape index (κ3) is 10.2. The number of hydrogen-bond acceptors (Lipinski definition) is 4. The van der Waals surface area contributed by atoms with Gasteiger partial charge in [0.25, 0.3) is 0 Å². The topological polar surface area (TPSA) is 52.6 Å². The molecule has 0 aliphatic heterocycles.